The minimum absolute atomic E-state index is 0.0131. The Bertz CT molecular complexity index is 800. The minimum Gasteiger partial charge on any atom is -0.493 e. The molecule has 0 spiro atoms. The van der Waals surface area contributed by atoms with Crippen LogP contribution in [0.2, 0.25) is 5.02 Å². The fourth-order valence-corrected chi connectivity index (χ4v) is 4.19. The van der Waals surface area contributed by atoms with Crippen LogP contribution in [0.15, 0.2) is 40.9 Å². The van der Waals surface area contributed by atoms with Gasteiger partial charge in [0.05, 0.1) is 7.11 Å². The summed E-state index contributed by atoms with van der Waals surface area (Å²) in [6.07, 6.45) is 1.05. The maximum absolute atomic E-state index is 6.28. The molecule has 0 amide bonds. The highest BCUT2D eigenvalue weighted by Gasteiger charge is 2.26. The number of hydrogen-bond acceptors (Lipinski definition) is 3. The van der Waals surface area contributed by atoms with E-state index < -0.39 is 0 Å². The van der Waals surface area contributed by atoms with Crippen molar-refractivity contribution in [2.45, 2.75) is 59.7 Å². The van der Waals surface area contributed by atoms with Gasteiger partial charge in [0.1, 0.15) is 6.61 Å². The molecule has 2 aromatic rings. The van der Waals surface area contributed by atoms with Crippen molar-refractivity contribution in [2.24, 2.45) is 5.41 Å². The average molecular weight is 469 g/mol. The monoisotopic (exact) mass is 467 g/mol. The van der Waals surface area contributed by atoms with Crippen molar-refractivity contribution >= 4 is 27.5 Å². The van der Waals surface area contributed by atoms with Crippen LogP contribution in [0.5, 0.6) is 11.5 Å². The molecular formula is C23H31BrClNO2. The van der Waals surface area contributed by atoms with Crippen LogP contribution in [0.3, 0.4) is 0 Å². The molecule has 0 bridgehead atoms. The molecule has 3 nitrogen and oxygen atoms in total. The zero-order valence-corrected chi connectivity index (χ0v) is 20.0. The van der Waals surface area contributed by atoms with Crippen LogP contribution < -0.4 is 14.8 Å². The maximum Gasteiger partial charge on any atom is 0.167 e. The number of hydrogen-bond donors (Lipinski definition) is 1. The Morgan fingerprint density at radius 1 is 1.04 bits per heavy atom. The molecule has 0 radical (unpaired) electrons. The number of methoxy groups -OCH3 is 1. The summed E-state index contributed by atoms with van der Waals surface area (Å²) in [7, 11) is 1.66. The molecule has 5 heteroatoms. The summed E-state index contributed by atoms with van der Waals surface area (Å²) in [5, 5.41) is 4.38. The van der Waals surface area contributed by atoms with Crippen molar-refractivity contribution in [3.05, 3.63) is 57.0 Å². The first kappa shape index (κ1) is 23.1. The molecular weight excluding hydrogens is 438 g/mol. The van der Waals surface area contributed by atoms with Crippen LogP contribution in [-0.2, 0) is 13.2 Å². The molecule has 0 aliphatic carbocycles. The molecule has 1 N–H and O–H groups in total. The van der Waals surface area contributed by atoms with E-state index in [4.69, 9.17) is 21.1 Å². The van der Waals surface area contributed by atoms with E-state index in [1.54, 1.807) is 7.11 Å². The summed E-state index contributed by atoms with van der Waals surface area (Å²) >= 11 is 9.96. The van der Waals surface area contributed by atoms with Crippen LogP contribution in [-0.4, -0.2) is 12.6 Å². The van der Waals surface area contributed by atoms with E-state index in [9.17, 15) is 0 Å². The van der Waals surface area contributed by atoms with Gasteiger partial charge in [-0.15, -0.1) is 0 Å². The standard InChI is InChI=1S/C23H31BrClNO2/c1-22(2,3)15-23(4,5)26-13-17-18(24)11-12-20(27-6)21(17)28-14-16-9-7-8-10-19(16)25/h7-12,26H,13-15H2,1-6H3. The van der Waals surface area contributed by atoms with Crippen LogP contribution >= 0.6 is 27.5 Å². The molecule has 0 aliphatic rings. The molecule has 0 unspecified atom stereocenters. The fraction of sp³-hybridized carbons (Fsp3) is 0.478. The first-order chi connectivity index (χ1) is 13.0. The number of ether oxygens (including phenoxy) is 2. The zero-order valence-electron chi connectivity index (χ0n) is 17.7. The van der Waals surface area contributed by atoms with Crippen molar-refractivity contribution in [3.8, 4) is 11.5 Å². The first-order valence-corrected chi connectivity index (χ1v) is 10.7. The smallest absolute Gasteiger partial charge is 0.167 e. The van der Waals surface area contributed by atoms with Gasteiger partial charge in [-0.05, 0) is 43.9 Å². The van der Waals surface area contributed by atoms with Crippen LogP contribution in [0.4, 0.5) is 0 Å². The molecule has 0 aliphatic heterocycles. The maximum atomic E-state index is 6.28. The normalized spacial score (nSPS) is 12.1. The van der Waals surface area contributed by atoms with Gasteiger partial charge in [-0.3, -0.25) is 0 Å². The van der Waals surface area contributed by atoms with E-state index >= 15 is 0 Å². The van der Waals surface area contributed by atoms with Crippen LogP contribution in [0.1, 0.15) is 52.2 Å². The van der Waals surface area contributed by atoms with Gasteiger partial charge in [0.2, 0.25) is 0 Å². The Labute approximate surface area is 182 Å². The fourth-order valence-electron chi connectivity index (χ4n) is 3.55. The van der Waals surface area contributed by atoms with E-state index in [2.05, 4.69) is 55.9 Å². The number of nitrogens with one attached hydrogen (secondary N) is 1. The van der Waals surface area contributed by atoms with Gasteiger partial charge in [0.25, 0.3) is 0 Å². The molecule has 28 heavy (non-hydrogen) atoms. The Hall–Kier alpha value is -1.23. The highest BCUT2D eigenvalue weighted by atomic mass is 79.9. The van der Waals surface area contributed by atoms with E-state index in [0.717, 1.165) is 27.8 Å². The molecule has 0 atom stereocenters. The Balaban J connectivity index is 2.24. The number of halogens is 2. The molecule has 0 heterocycles. The highest BCUT2D eigenvalue weighted by Crippen LogP contribution is 2.38. The summed E-state index contributed by atoms with van der Waals surface area (Å²) in [5.41, 5.74) is 2.21. The summed E-state index contributed by atoms with van der Waals surface area (Å²) in [4.78, 5) is 0. The Morgan fingerprint density at radius 3 is 2.32 bits per heavy atom. The lowest BCUT2D eigenvalue weighted by Gasteiger charge is -2.34. The van der Waals surface area contributed by atoms with Crippen molar-refractivity contribution < 1.29 is 9.47 Å². The Morgan fingerprint density at radius 2 is 1.71 bits per heavy atom. The van der Waals surface area contributed by atoms with E-state index in [1.807, 2.05) is 36.4 Å². The third-order valence-corrected chi connectivity index (χ3v) is 5.54. The predicted molar refractivity (Wildman–Crippen MR) is 121 cm³/mol. The van der Waals surface area contributed by atoms with E-state index in [1.165, 1.54) is 0 Å². The van der Waals surface area contributed by atoms with Crippen molar-refractivity contribution in [2.75, 3.05) is 7.11 Å². The second-order valence-electron chi connectivity index (χ2n) is 8.91. The second kappa shape index (κ2) is 9.51. The third kappa shape index (κ3) is 6.68. The predicted octanol–water partition coefficient (Wildman–Crippen LogP) is 6.99. The summed E-state index contributed by atoms with van der Waals surface area (Å²) in [5.74, 6) is 1.44. The van der Waals surface area contributed by atoms with Gasteiger partial charge in [0, 0.05) is 32.7 Å². The largest absolute Gasteiger partial charge is 0.493 e. The summed E-state index contributed by atoms with van der Waals surface area (Å²) < 4.78 is 12.7. The van der Waals surface area contributed by atoms with Crippen molar-refractivity contribution in [1.29, 1.82) is 0 Å². The summed E-state index contributed by atoms with van der Waals surface area (Å²) in [6.45, 7) is 12.3. The summed E-state index contributed by atoms with van der Waals surface area (Å²) in [6, 6.07) is 11.6. The van der Waals surface area contributed by atoms with Gasteiger partial charge in [-0.2, -0.15) is 0 Å². The average Bonchev–Trinajstić information content (AvgIpc) is 2.58. The molecule has 0 aromatic heterocycles. The zero-order chi connectivity index (χ0) is 20.9. The van der Waals surface area contributed by atoms with Gasteiger partial charge < -0.3 is 14.8 Å². The quantitative estimate of drug-likeness (QED) is 0.452. The number of benzene rings is 2. The van der Waals surface area contributed by atoms with Crippen LogP contribution in [0.25, 0.3) is 0 Å². The van der Waals surface area contributed by atoms with Gasteiger partial charge in [-0.25, -0.2) is 0 Å². The molecule has 2 rings (SSSR count). The lowest BCUT2D eigenvalue weighted by molar-refractivity contribution is 0.237. The van der Waals surface area contributed by atoms with E-state index in [-0.39, 0.29) is 11.0 Å². The molecule has 2 aromatic carbocycles. The third-order valence-electron chi connectivity index (χ3n) is 4.43. The van der Waals surface area contributed by atoms with Crippen molar-refractivity contribution in [3.63, 3.8) is 0 Å². The van der Waals surface area contributed by atoms with Gasteiger partial charge in [-0.1, -0.05) is 66.5 Å². The number of rotatable bonds is 8. The Kier molecular flexibility index (Phi) is 7.83. The lowest BCUT2D eigenvalue weighted by atomic mass is 9.81. The molecule has 0 fully saturated rings. The molecule has 0 saturated heterocycles. The second-order valence-corrected chi connectivity index (χ2v) is 10.2. The molecule has 154 valence electrons. The SMILES string of the molecule is COc1ccc(Br)c(CNC(C)(C)CC(C)(C)C)c1OCc1ccccc1Cl. The minimum atomic E-state index is -0.0131. The van der Waals surface area contributed by atoms with Gasteiger partial charge >= 0.3 is 0 Å². The van der Waals surface area contributed by atoms with Crippen molar-refractivity contribution in [1.82, 2.24) is 5.32 Å². The topological polar surface area (TPSA) is 30.5 Å². The first-order valence-electron chi connectivity index (χ1n) is 9.49. The lowest BCUT2D eigenvalue weighted by Crippen LogP contribution is -2.42. The van der Waals surface area contributed by atoms with E-state index in [0.29, 0.717) is 23.9 Å². The molecule has 0 saturated carbocycles. The highest BCUT2D eigenvalue weighted by molar-refractivity contribution is 9.10. The van der Waals surface area contributed by atoms with Crippen LogP contribution in [0, 0.1) is 5.41 Å². The van der Waals surface area contributed by atoms with Gasteiger partial charge in [0.15, 0.2) is 11.5 Å².